The summed E-state index contributed by atoms with van der Waals surface area (Å²) < 4.78 is 21.3. The molecule has 5 aromatic rings. The first-order chi connectivity index (χ1) is 18.7. The average Bonchev–Trinajstić information content (AvgIpc) is 3.72. The number of H-pyrrole nitrogens is 2. The van der Waals surface area contributed by atoms with Gasteiger partial charge >= 0.3 is 0 Å². The zero-order chi connectivity index (χ0) is 25.7. The lowest BCUT2D eigenvalue weighted by atomic mass is 9.69. The van der Waals surface area contributed by atoms with Crippen LogP contribution in [-0.4, -0.2) is 43.2 Å². The quantitative estimate of drug-likeness (QED) is 0.313. The maximum Gasteiger partial charge on any atom is 0.181 e. The number of benzene rings is 2. The minimum Gasteiger partial charge on any atom is -0.381 e. The molecule has 2 aliphatic rings. The number of halogens is 1. The number of aromatic amines is 2. The van der Waals surface area contributed by atoms with Crippen LogP contribution in [0.2, 0.25) is 0 Å². The number of aryl methyl sites for hydroxylation is 1. The van der Waals surface area contributed by atoms with Gasteiger partial charge in [-0.15, -0.1) is 0 Å². The number of hydrogen-bond donors (Lipinski definition) is 3. The first-order valence-electron chi connectivity index (χ1n) is 13.3. The number of nitrogens with zero attached hydrogens (tertiary/aromatic N) is 4. The normalized spacial score (nSPS) is 22.1. The number of aromatic nitrogens is 6. The molecule has 0 unspecified atom stereocenters. The van der Waals surface area contributed by atoms with Crippen LogP contribution in [0.25, 0.3) is 22.3 Å². The van der Waals surface area contributed by atoms with E-state index < -0.39 is 5.54 Å². The van der Waals surface area contributed by atoms with Crippen LogP contribution >= 0.6 is 0 Å². The number of rotatable bonds is 5. The smallest absolute Gasteiger partial charge is 0.181 e. The standard InChI is InChI=1S/C29H30FN7O/c1-2-37-17-20(16-31-37)29(19-11-13-38-14-12-19)26-23(22-5-3-4-6-24(22)32-26)15-25(34-29)28-33-27(35-36-28)18-7-9-21(30)10-8-18/h3-10,16-17,19,25,32,34H,2,11-15H2,1H3,(H,33,35,36)/t25-,29-/m1/s1. The predicted octanol–water partition coefficient (Wildman–Crippen LogP) is 4.87. The summed E-state index contributed by atoms with van der Waals surface area (Å²) in [5.74, 6) is 1.33. The van der Waals surface area contributed by atoms with E-state index in [2.05, 4.69) is 57.9 Å². The Morgan fingerprint density at radius 2 is 1.92 bits per heavy atom. The van der Waals surface area contributed by atoms with E-state index in [9.17, 15) is 4.39 Å². The van der Waals surface area contributed by atoms with E-state index in [0.29, 0.717) is 11.7 Å². The highest BCUT2D eigenvalue weighted by Gasteiger charge is 2.50. The largest absolute Gasteiger partial charge is 0.381 e. The molecule has 0 aliphatic carbocycles. The SMILES string of the molecule is CCn1cc([C@@]2(C3CCOCC3)N[C@@H](c3nc(-c4ccc(F)cc4)n[nH]3)Cc3c2[nH]c2ccccc32)cn1. The molecule has 1 saturated heterocycles. The molecular weight excluding hydrogens is 481 g/mol. The van der Waals surface area contributed by atoms with E-state index in [-0.39, 0.29) is 11.9 Å². The molecule has 1 fully saturated rings. The number of fused-ring (bicyclic) bond motifs is 3. The molecule has 8 nitrogen and oxygen atoms in total. The third kappa shape index (κ3) is 3.68. The van der Waals surface area contributed by atoms with Crippen molar-refractivity contribution in [3.8, 4) is 11.4 Å². The van der Waals surface area contributed by atoms with Gasteiger partial charge in [0, 0.05) is 53.7 Å². The maximum atomic E-state index is 13.5. The zero-order valence-corrected chi connectivity index (χ0v) is 21.2. The van der Waals surface area contributed by atoms with Crippen molar-refractivity contribution in [1.82, 2.24) is 35.3 Å². The van der Waals surface area contributed by atoms with Crippen molar-refractivity contribution < 1.29 is 9.13 Å². The van der Waals surface area contributed by atoms with Gasteiger partial charge in [-0.25, -0.2) is 9.37 Å². The second-order valence-electron chi connectivity index (χ2n) is 10.3. The summed E-state index contributed by atoms with van der Waals surface area (Å²) in [6.07, 6.45) is 6.80. The van der Waals surface area contributed by atoms with Crippen LogP contribution in [0.15, 0.2) is 60.9 Å². The lowest BCUT2D eigenvalue weighted by molar-refractivity contribution is 0.0302. The third-order valence-electron chi connectivity index (χ3n) is 8.20. The molecule has 0 bridgehead atoms. The Morgan fingerprint density at radius 3 is 2.71 bits per heavy atom. The molecule has 194 valence electrons. The first kappa shape index (κ1) is 23.3. The third-order valence-corrected chi connectivity index (χ3v) is 8.20. The Balaban J connectivity index is 1.40. The number of hydrogen-bond acceptors (Lipinski definition) is 5. The van der Waals surface area contributed by atoms with Gasteiger partial charge in [0.15, 0.2) is 5.82 Å². The summed E-state index contributed by atoms with van der Waals surface area (Å²) in [6, 6.07) is 14.7. The molecule has 3 N–H and O–H groups in total. The summed E-state index contributed by atoms with van der Waals surface area (Å²) in [5.41, 5.74) is 5.04. The highest BCUT2D eigenvalue weighted by molar-refractivity contribution is 5.86. The zero-order valence-electron chi connectivity index (χ0n) is 21.2. The van der Waals surface area contributed by atoms with E-state index in [1.165, 1.54) is 28.8 Å². The molecule has 2 aliphatic heterocycles. The van der Waals surface area contributed by atoms with E-state index >= 15 is 0 Å². The molecule has 0 saturated carbocycles. The van der Waals surface area contributed by atoms with Crippen molar-refractivity contribution >= 4 is 10.9 Å². The van der Waals surface area contributed by atoms with E-state index in [0.717, 1.165) is 61.5 Å². The van der Waals surface area contributed by atoms with Gasteiger partial charge in [-0.05, 0) is 68.0 Å². The van der Waals surface area contributed by atoms with Crippen molar-refractivity contribution in [1.29, 1.82) is 0 Å². The summed E-state index contributed by atoms with van der Waals surface area (Å²) in [5, 5.41) is 17.7. The van der Waals surface area contributed by atoms with Crippen LogP contribution in [0.1, 0.15) is 48.5 Å². The minimum absolute atomic E-state index is 0.115. The van der Waals surface area contributed by atoms with E-state index in [1.807, 2.05) is 10.9 Å². The molecule has 9 heteroatoms. The summed E-state index contributed by atoms with van der Waals surface area (Å²) >= 11 is 0. The molecule has 0 amide bonds. The van der Waals surface area contributed by atoms with Gasteiger partial charge in [0.1, 0.15) is 11.6 Å². The second-order valence-corrected chi connectivity index (χ2v) is 10.3. The minimum atomic E-state index is -0.503. The van der Waals surface area contributed by atoms with Gasteiger partial charge in [0.25, 0.3) is 0 Å². The van der Waals surface area contributed by atoms with Gasteiger partial charge in [0.05, 0.1) is 17.8 Å². The predicted molar refractivity (Wildman–Crippen MR) is 142 cm³/mol. The molecule has 38 heavy (non-hydrogen) atoms. The monoisotopic (exact) mass is 511 g/mol. The van der Waals surface area contributed by atoms with Crippen LogP contribution in [0.5, 0.6) is 0 Å². The molecule has 7 rings (SSSR count). The highest BCUT2D eigenvalue weighted by atomic mass is 19.1. The van der Waals surface area contributed by atoms with Crippen LogP contribution in [0, 0.1) is 11.7 Å². The summed E-state index contributed by atoms with van der Waals surface area (Å²) in [6.45, 7) is 4.37. The fourth-order valence-electron chi connectivity index (χ4n) is 6.33. The Morgan fingerprint density at radius 1 is 1.11 bits per heavy atom. The summed E-state index contributed by atoms with van der Waals surface area (Å²) in [7, 11) is 0. The maximum absolute atomic E-state index is 13.5. The fourth-order valence-corrected chi connectivity index (χ4v) is 6.33. The van der Waals surface area contributed by atoms with Crippen molar-refractivity contribution in [2.24, 2.45) is 5.92 Å². The molecule has 2 atom stereocenters. The number of para-hydroxylation sites is 1. The molecular formula is C29H30FN7O. The average molecular weight is 512 g/mol. The lowest BCUT2D eigenvalue weighted by Gasteiger charge is -2.47. The van der Waals surface area contributed by atoms with Gasteiger partial charge in [-0.3, -0.25) is 15.1 Å². The Bertz CT molecular complexity index is 1580. The van der Waals surface area contributed by atoms with E-state index in [4.69, 9.17) is 14.8 Å². The van der Waals surface area contributed by atoms with Gasteiger partial charge in [-0.2, -0.15) is 10.2 Å². The van der Waals surface area contributed by atoms with Gasteiger partial charge in [0.2, 0.25) is 0 Å². The Labute approximate surface area is 219 Å². The van der Waals surface area contributed by atoms with Crippen molar-refractivity contribution in [3.05, 3.63) is 89.4 Å². The fraction of sp³-hybridized carbons (Fsp3) is 0.345. The Hall–Kier alpha value is -3.82. The van der Waals surface area contributed by atoms with Crippen molar-refractivity contribution in [2.45, 2.75) is 44.3 Å². The van der Waals surface area contributed by atoms with Crippen LogP contribution < -0.4 is 5.32 Å². The van der Waals surface area contributed by atoms with Crippen molar-refractivity contribution in [3.63, 3.8) is 0 Å². The second kappa shape index (κ2) is 9.18. The molecule has 2 aromatic carbocycles. The van der Waals surface area contributed by atoms with Crippen LogP contribution in [-0.2, 0) is 23.2 Å². The molecule has 3 aromatic heterocycles. The first-order valence-corrected chi connectivity index (χ1v) is 13.3. The van der Waals surface area contributed by atoms with E-state index in [1.54, 1.807) is 12.1 Å². The number of nitrogens with one attached hydrogen (secondary N) is 3. The molecule has 5 heterocycles. The van der Waals surface area contributed by atoms with Gasteiger partial charge in [-0.1, -0.05) is 18.2 Å². The Kier molecular flexibility index (Phi) is 5.63. The van der Waals surface area contributed by atoms with Crippen molar-refractivity contribution in [2.75, 3.05) is 13.2 Å². The van der Waals surface area contributed by atoms with Gasteiger partial charge < -0.3 is 9.72 Å². The molecule has 0 radical (unpaired) electrons. The highest BCUT2D eigenvalue weighted by Crippen LogP contribution is 2.49. The van der Waals surface area contributed by atoms with Crippen LogP contribution in [0.3, 0.4) is 0 Å². The van der Waals surface area contributed by atoms with Crippen LogP contribution in [0.4, 0.5) is 4.39 Å². The molecule has 0 spiro atoms. The number of ether oxygens (including phenoxy) is 1. The lowest BCUT2D eigenvalue weighted by Crippen LogP contribution is -2.55. The topological polar surface area (TPSA) is 96.4 Å². The summed E-state index contributed by atoms with van der Waals surface area (Å²) in [4.78, 5) is 8.71.